The first-order valence-corrected chi connectivity index (χ1v) is 9.90. The maximum Gasteiger partial charge on any atom is 0.329 e. The fraction of sp³-hybridized carbons (Fsp3) is 0.130. The number of aromatic nitrogens is 3. The maximum absolute atomic E-state index is 12.8. The van der Waals surface area contributed by atoms with Crippen LogP contribution in [-0.4, -0.2) is 20.4 Å². The minimum Gasteiger partial charge on any atom is -0.456 e. The van der Waals surface area contributed by atoms with Gasteiger partial charge in [0.2, 0.25) is 0 Å². The number of nitrogens with one attached hydrogen (secondary N) is 2. The lowest BCUT2D eigenvalue weighted by Gasteiger charge is -2.09. The van der Waals surface area contributed by atoms with Gasteiger partial charge in [-0.05, 0) is 30.7 Å². The van der Waals surface area contributed by atoms with E-state index in [-0.39, 0.29) is 16.6 Å². The van der Waals surface area contributed by atoms with Crippen molar-refractivity contribution in [1.82, 2.24) is 14.5 Å². The van der Waals surface area contributed by atoms with Crippen LogP contribution in [0.5, 0.6) is 0 Å². The highest BCUT2D eigenvalue weighted by molar-refractivity contribution is 6.09. The van der Waals surface area contributed by atoms with E-state index in [1.807, 2.05) is 37.3 Å². The van der Waals surface area contributed by atoms with E-state index >= 15 is 0 Å². The average Bonchev–Trinajstić information content (AvgIpc) is 3.14. The van der Waals surface area contributed by atoms with Crippen molar-refractivity contribution < 1.29 is 9.21 Å². The van der Waals surface area contributed by atoms with Crippen LogP contribution in [0.15, 0.2) is 68.7 Å². The Balaban J connectivity index is 1.50. The van der Waals surface area contributed by atoms with E-state index in [1.165, 1.54) is 16.8 Å². The summed E-state index contributed by atoms with van der Waals surface area (Å²) < 4.78 is 7.26. The molecular weight excluding hydrogens is 396 g/mol. The van der Waals surface area contributed by atoms with E-state index in [9.17, 15) is 14.4 Å². The van der Waals surface area contributed by atoms with Crippen molar-refractivity contribution in [2.24, 2.45) is 0 Å². The molecule has 1 amide bonds. The van der Waals surface area contributed by atoms with Gasteiger partial charge < -0.3 is 9.73 Å². The van der Waals surface area contributed by atoms with Gasteiger partial charge in [0.05, 0.1) is 10.9 Å². The fourth-order valence-corrected chi connectivity index (χ4v) is 3.73. The number of hydrogen-bond acceptors (Lipinski definition) is 5. The standard InChI is InChI=1S/C23H18N4O4/c1-2-9-27-20-17(22(29)26-23(27)30)10-13(12-24-20)21(28)25-14-7-8-16-15-5-3-4-6-18(15)31-19(16)11-14/h3-8,10-12H,2,9H2,1H3,(H,25,28)(H,26,29,30). The highest BCUT2D eigenvalue weighted by Gasteiger charge is 2.14. The van der Waals surface area contributed by atoms with E-state index in [4.69, 9.17) is 4.42 Å². The van der Waals surface area contributed by atoms with Crippen molar-refractivity contribution in [3.8, 4) is 0 Å². The molecule has 0 saturated carbocycles. The summed E-state index contributed by atoms with van der Waals surface area (Å²) in [5.74, 6) is -0.419. The molecule has 2 aromatic carbocycles. The van der Waals surface area contributed by atoms with Gasteiger partial charge in [0.15, 0.2) is 0 Å². The number of para-hydroxylation sites is 1. The molecule has 0 atom stereocenters. The summed E-state index contributed by atoms with van der Waals surface area (Å²) in [7, 11) is 0. The molecule has 0 bridgehead atoms. The number of carbonyl (C=O) groups is 1. The van der Waals surface area contributed by atoms with Gasteiger partial charge in [-0.1, -0.05) is 25.1 Å². The normalized spacial score (nSPS) is 11.4. The van der Waals surface area contributed by atoms with Crippen molar-refractivity contribution in [3.63, 3.8) is 0 Å². The minimum atomic E-state index is -0.571. The first-order valence-electron chi connectivity index (χ1n) is 9.90. The van der Waals surface area contributed by atoms with Crippen LogP contribution in [0.4, 0.5) is 5.69 Å². The summed E-state index contributed by atoms with van der Waals surface area (Å²) in [6.07, 6.45) is 2.07. The van der Waals surface area contributed by atoms with Crippen LogP contribution in [0.2, 0.25) is 0 Å². The molecular formula is C23H18N4O4. The van der Waals surface area contributed by atoms with Crippen molar-refractivity contribution >= 4 is 44.6 Å². The Morgan fingerprint density at radius 2 is 1.87 bits per heavy atom. The predicted octanol–water partition coefficient (Wildman–Crippen LogP) is 3.65. The molecule has 0 aliphatic rings. The van der Waals surface area contributed by atoms with Gasteiger partial charge in [-0.2, -0.15) is 0 Å². The van der Waals surface area contributed by atoms with Crippen LogP contribution >= 0.6 is 0 Å². The van der Waals surface area contributed by atoms with Crippen LogP contribution < -0.4 is 16.6 Å². The largest absolute Gasteiger partial charge is 0.456 e. The predicted molar refractivity (Wildman–Crippen MR) is 119 cm³/mol. The van der Waals surface area contributed by atoms with Gasteiger partial charge in [0.1, 0.15) is 16.8 Å². The van der Waals surface area contributed by atoms with Gasteiger partial charge in [-0.15, -0.1) is 0 Å². The lowest BCUT2D eigenvalue weighted by Crippen LogP contribution is -2.31. The highest BCUT2D eigenvalue weighted by atomic mass is 16.3. The van der Waals surface area contributed by atoms with Crippen molar-refractivity contribution in [2.45, 2.75) is 19.9 Å². The number of benzene rings is 2. The molecule has 0 spiro atoms. The van der Waals surface area contributed by atoms with Crippen LogP contribution in [0.25, 0.3) is 33.0 Å². The second-order valence-corrected chi connectivity index (χ2v) is 7.27. The molecule has 5 rings (SSSR count). The third-order valence-corrected chi connectivity index (χ3v) is 5.18. The summed E-state index contributed by atoms with van der Waals surface area (Å²) in [4.78, 5) is 43.6. The summed E-state index contributed by atoms with van der Waals surface area (Å²) in [5, 5.41) is 4.96. The number of fused-ring (bicyclic) bond motifs is 4. The molecule has 0 saturated heterocycles. The summed E-state index contributed by atoms with van der Waals surface area (Å²) in [6.45, 7) is 2.34. The monoisotopic (exact) mass is 414 g/mol. The molecule has 5 aromatic rings. The number of nitrogens with zero attached hydrogens (tertiary/aromatic N) is 2. The number of aryl methyl sites for hydroxylation is 1. The van der Waals surface area contributed by atoms with Crippen molar-refractivity contribution in [2.75, 3.05) is 5.32 Å². The van der Waals surface area contributed by atoms with Crippen LogP contribution in [0.1, 0.15) is 23.7 Å². The van der Waals surface area contributed by atoms with E-state index in [1.54, 1.807) is 12.1 Å². The molecule has 3 heterocycles. The second kappa shape index (κ2) is 7.24. The third kappa shape index (κ3) is 3.18. The van der Waals surface area contributed by atoms with Gasteiger partial charge in [-0.3, -0.25) is 19.1 Å². The molecule has 0 fully saturated rings. The SMILES string of the molecule is CCCn1c(=O)[nH]c(=O)c2cc(C(=O)Nc3ccc4c(c3)oc3ccccc34)cnc21. The second-order valence-electron chi connectivity index (χ2n) is 7.27. The summed E-state index contributed by atoms with van der Waals surface area (Å²) in [5.41, 5.74) is 1.39. The Morgan fingerprint density at radius 3 is 2.71 bits per heavy atom. The number of anilines is 1. The van der Waals surface area contributed by atoms with Gasteiger partial charge >= 0.3 is 5.69 Å². The molecule has 2 N–H and O–H groups in total. The molecule has 0 unspecified atom stereocenters. The first-order chi connectivity index (χ1) is 15.0. The number of pyridine rings is 1. The Labute approximate surface area is 175 Å². The number of rotatable bonds is 4. The van der Waals surface area contributed by atoms with Crippen LogP contribution in [0.3, 0.4) is 0 Å². The number of aromatic amines is 1. The molecule has 8 heteroatoms. The summed E-state index contributed by atoms with van der Waals surface area (Å²) >= 11 is 0. The topological polar surface area (TPSA) is 110 Å². The maximum atomic E-state index is 12.8. The molecule has 154 valence electrons. The van der Waals surface area contributed by atoms with E-state index < -0.39 is 17.2 Å². The Kier molecular flexibility index (Phi) is 4.39. The van der Waals surface area contributed by atoms with E-state index in [0.29, 0.717) is 24.2 Å². The lowest BCUT2D eigenvalue weighted by molar-refractivity contribution is 0.102. The van der Waals surface area contributed by atoms with Gasteiger partial charge in [-0.25, -0.2) is 9.78 Å². The summed E-state index contributed by atoms with van der Waals surface area (Å²) in [6, 6.07) is 14.6. The highest BCUT2D eigenvalue weighted by Crippen LogP contribution is 2.30. The number of furan rings is 1. The molecule has 31 heavy (non-hydrogen) atoms. The first kappa shape index (κ1) is 18.8. The zero-order valence-corrected chi connectivity index (χ0v) is 16.6. The molecule has 3 aromatic heterocycles. The van der Waals surface area contributed by atoms with Crippen LogP contribution in [0, 0.1) is 0 Å². The lowest BCUT2D eigenvalue weighted by atomic mass is 10.1. The molecule has 0 radical (unpaired) electrons. The molecule has 0 aliphatic carbocycles. The quantitative estimate of drug-likeness (QED) is 0.466. The Morgan fingerprint density at radius 1 is 1.06 bits per heavy atom. The van der Waals surface area contributed by atoms with Crippen LogP contribution in [-0.2, 0) is 6.54 Å². The number of H-pyrrole nitrogens is 1. The zero-order valence-electron chi connectivity index (χ0n) is 16.6. The smallest absolute Gasteiger partial charge is 0.329 e. The fourth-order valence-electron chi connectivity index (χ4n) is 3.73. The third-order valence-electron chi connectivity index (χ3n) is 5.18. The average molecular weight is 414 g/mol. The van der Waals surface area contributed by atoms with Gasteiger partial charge in [0, 0.05) is 35.3 Å². The number of hydrogen-bond donors (Lipinski definition) is 2. The molecule has 0 aliphatic heterocycles. The Bertz CT molecular complexity index is 1590. The number of amides is 1. The minimum absolute atomic E-state index is 0.188. The van der Waals surface area contributed by atoms with Crippen molar-refractivity contribution in [3.05, 3.63) is 81.1 Å². The van der Waals surface area contributed by atoms with Gasteiger partial charge in [0.25, 0.3) is 11.5 Å². The van der Waals surface area contributed by atoms with E-state index in [2.05, 4.69) is 15.3 Å². The van der Waals surface area contributed by atoms with Crippen molar-refractivity contribution in [1.29, 1.82) is 0 Å². The zero-order chi connectivity index (χ0) is 21.5. The van der Waals surface area contributed by atoms with E-state index in [0.717, 1.165) is 16.4 Å². The number of carbonyl (C=O) groups excluding carboxylic acids is 1. The molecule has 8 nitrogen and oxygen atoms in total. The Hall–Kier alpha value is -4.20.